The molecule has 0 saturated carbocycles. The van der Waals surface area contributed by atoms with Crippen LogP contribution in [0, 0.1) is 6.92 Å². The number of hydrogen-bond donors (Lipinski definition) is 0. The minimum atomic E-state index is -3.26. The first kappa shape index (κ1) is 21.3. The smallest absolute Gasteiger partial charge is 0.172 e. The van der Waals surface area contributed by atoms with Gasteiger partial charge < -0.3 is 14.0 Å². The van der Waals surface area contributed by atoms with E-state index in [4.69, 9.17) is 9.47 Å². The zero-order valence-corrected chi connectivity index (χ0v) is 19.8. The number of benzene rings is 5. The van der Waals surface area contributed by atoms with E-state index in [1.165, 1.54) is 0 Å². The zero-order valence-electron chi connectivity index (χ0n) is 18.9. The summed E-state index contributed by atoms with van der Waals surface area (Å²) in [4.78, 5) is 0. The minimum absolute atomic E-state index is 0.768. The van der Waals surface area contributed by atoms with Crippen molar-refractivity contribution in [1.82, 2.24) is 0 Å². The first-order valence-corrected chi connectivity index (χ1v) is 12.6. The van der Waals surface area contributed by atoms with Crippen molar-refractivity contribution in [3.63, 3.8) is 0 Å². The molecule has 0 heterocycles. The van der Waals surface area contributed by atoms with Gasteiger partial charge >= 0.3 is 0 Å². The molecule has 0 unspecified atom stereocenters. The van der Waals surface area contributed by atoms with Crippen molar-refractivity contribution in [2.24, 2.45) is 0 Å². The highest BCUT2D eigenvalue weighted by atomic mass is 31.2. The highest BCUT2D eigenvalue weighted by molar-refractivity contribution is 7.86. The molecule has 0 fully saturated rings. The Bertz CT molecular complexity index is 1430. The van der Waals surface area contributed by atoms with Crippen molar-refractivity contribution < 1.29 is 14.0 Å². The Kier molecular flexibility index (Phi) is 5.44. The van der Waals surface area contributed by atoms with Crippen LogP contribution in [0.5, 0.6) is 11.5 Å². The molecular formula is C29H25O3P. The van der Waals surface area contributed by atoms with Crippen LogP contribution in [0.3, 0.4) is 0 Å². The van der Waals surface area contributed by atoms with Gasteiger partial charge in [-0.25, -0.2) is 0 Å². The highest BCUT2D eigenvalue weighted by Gasteiger charge is 2.33. The Morgan fingerprint density at radius 3 is 1.42 bits per heavy atom. The number of rotatable bonds is 5. The molecule has 0 radical (unpaired) electrons. The molecule has 5 aromatic rings. The SMILES string of the molecule is COc1cccc2c(P(=O)(c3ccc(C)cc3)c3cccc4c(OC)cccc34)cccc12. The van der Waals surface area contributed by atoms with Crippen LogP contribution in [-0.2, 0) is 4.57 Å². The number of fused-ring (bicyclic) bond motifs is 2. The van der Waals surface area contributed by atoms with Gasteiger partial charge in [0.2, 0.25) is 0 Å². The number of methoxy groups -OCH3 is 2. The fourth-order valence-electron chi connectivity index (χ4n) is 4.60. The Morgan fingerprint density at radius 1 is 0.545 bits per heavy atom. The normalized spacial score (nSPS) is 11.6. The molecule has 0 aliphatic carbocycles. The predicted octanol–water partition coefficient (Wildman–Crippen LogP) is 5.96. The topological polar surface area (TPSA) is 35.5 Å². The lowest BCUT2D eigenvalue weighted by molar-refractivity contribution is 0.420. The quantitative estimate of drug-likeness (QED) is 0.309. The summed E-state index contributed by atoms with van der Waals surface area (Å²) >= 11 is 0. The van der Waals surface area contributed by atoms with Crippen LogP contribution in [0.2, 0.25) is 0 Å². The highest BCUT2D eigenvalue weighted by Crippen LogP contribution is 2.47. The third-order valence-electron chi connectivity index (χ3n) is 6.23. The van der Waals surface area contributed by atoms with E-state index in [2.05, 4.69) is 0 Å². The molecule has 5 rings (SSSR count). The lowest BCUT2D eigenvalue weighted by Crippen LogP contribution is -2.26. The van der Waals surface area contributed by atoms with Crippen LogP contribution in [0.4, 0.5) is 0 Å². The fourth-order valence-corrected chi connectivity index (χ4v) is 7.64. The lowest BCUT2D eigenvalue weighted by Gasteiger charge is -2.24. The fraction of sp³-hybridized carbons (Fsp3) is 0.103. The molecule has 0 aromatic heterocycles. The summed E-state index contributed by atoms with van der Waals surface area (Å²) in [6.45, 7) is 2.04. The maximum Gasteiger partial charge on any atom is 0.172 e. The molecule has 0 saturated heterocycles. The summed E-state index contributed by atoms with van der Waals surface area (Å²) in [5.74, 6) is 1.54. The second-order valence-electron chi connectivity index (χ2n) is 8.11. The van der Waals surface area contributed by atoms with E-state index in [1.54, 1.807) is 14.2 Å². The van der Waals surface area contributed by atoms with Gasteiger partial charge in [0, 0.05) is 26.7 Å². The molecule has 0 N–H and O–H groups in total. The Balaban J connectivity index is 1.93. The van der Waals surface area contributed by atoms with Crippen molar-refractivity contribution in [3.05, 3.63) is 103 Å². The van der Waals surface area contributed by atoms with Gasteiger partial charge in [0.05, 0.1) is 14.2 Å². The molecule has 0 aliphatic heterocycles. The van der Waals surface area contributed by atoms with Crippen molar-refractivity contribution in [2.45, 2.75) is 6.92 Å². The van der Waals surface area contributed by atoms with Crippen LogP contribution in [-0.4, -0.2) is 14.2 Å². The molecule has 5 aromatic carbocycles. The Hall–Kier alpha value is -3.55. The van der Waals surface area contributed by atoms with E-state index in [-0.39, 0.29) is 0 Å². The van der Waals surface area contributed by atoms with Gasteiger partial charge in [-0.1, -0.05) is 90.5 Å². The predicted molar refractivity (Wildman–Crippen MR) is 139 cm³/mol. The van der Waals surface area contributed by atoms with Gasteiger partial charge in [0.15, 0.2) is 7.14 Å². The summed E-state index contributed by atoms with van der Waals surface area (Å²) < 4.78 is 26.7. The van der Waals surface area contributed by atoms with Crippen molar-refractivity contribution >= 4 is 44.6 Å². The first-order valence-electron chi connectivity index (χ1n) is 10.9. The second kappa shape index (κ2) is 8.42. The van der Waals surface area contributed by atoms with E-state index in [9.17, 15) is 0 Å². The van der Waals surface area contributed by atoms with E-state index in [0.717, 1.165) is 54.5 Å². The van der Waals surface area contributed by atoms with E-state index in [1.807, 2.05) is 104 Å². The summed E-state index contributed by atoms with van der Waals surface area (Å²) in [6.07, 6.45) is 0. The Morgan fingerprint density at radius 2 is 0.970 bits per heavy atom. The Labute approximate surface area is 194 Å². The van der Waals surface area contributed by atoms with Crippen LogP contribution < -0.4 is 25.4 Å². The second-order valence-corrected chi connectivity index (χ2v) is 10.8. The van der Waals surface area contributed by atoms with E-state index >= 15 is 4.57 Å². The van der Waals surface area contributed by atoms with Crippen molar-refractivity contribution in [1.29, 1.82) is 0 Å². The average Bonchev–Trinajstić information content (AvgIpc) is 2.87. The standard InChI is InChI=1S/C29H25O3P/c1-20-16-18-21(19-17-20)33(30,28-14-6-8-22-24(28)10-4-12-26(22)31-2)29-15-7-9-23-25(29)11-5-13-27(23)32-3/h4-19H,1-3H3. The molecule has 0 atom stereocenters. The van der Waals surface area contributed by atoms with Crippen molar-refractivity contribution in [2.75, 3.05) is 14.2 Å². The number of hydrogen-bond acceptors (Lipinski definition) is 3. The molecule has 0 spiro atoms. The molecular weight excluding hydrogens is 427 g/mol. The van der Waals surface area contributed by atoms with Gasteiger partial charge in [-0.2, -0.15) is 0 Å². The van der Waals surface area contributed by atoms with E-state index < -0.39 is 7.14 Å². The molecule has 4 heteroatoms. The van der Waals surface area contributed by atoms with Crippen LogP contribution >= 0.6 is 7.14 Å². The number of aryl methyl sites for hydroxylation is 1. The van der Waals surface area contributed by atoms with Gasteiger partial charge in [0.1, 0.15) is 11.5 Å². The summed E-state index contributed by atoms with van der Waals surface area (Å²) in [7, 11) is 0.0703. The van der Waals surface area contributed by atoms with Gasteiger partial charge in [0.25, 0.3) is 0 Å². The molecule has 164 valence electrons. The third-order valence-corrected chi connectivity index (χ3v) is 9.40. The third kappa shape index (κ3) is 3.41. The molecule has 0 amide bonds. The minimum Gasteiger partial charge on any atom is -0.496 e. The molecule has 33 heavy (non-hydrogen) atoms. The molecule has 0 bridgehead atoms. The zero-order chi connectivity index (χ0) is 23.0. The first-order chi connectivity index (χ1) is 16.1. The largest absolute Gasteiger partial charge is 0.496 e. The monoisotopic (exact) mass is 452 g/mol. The van der Waals surface area contributed by atoms with Gasteiger partial charge in [-0.05, 0) is 29.8 Å². The number of ether oxygens (including phenoxy) is 2. The average molecular weight is 452 g/mol. The van der Waals surface area contributed by atoms with Crippen LogP contribution in [0.1, 0.15) is 5.56 Å². The van der Waals surface area contributed by atoms with Crippen LogP contribution in [0.25, 0.3) is 21.5 Å². The van der Waals surface area contributed by atoms with E-state index in [0.29, 0.717) is 0 Å². The van der Waals surface area contributed by atoms with Gasteiger partial charge in [-0.15, -0.1) is 0 Å². The maximum atomic E-state index is 15.5. The lowest BCUT2D eigenvalue weighted by atomic mass is 10.1. The summed E-state index contributed by atoms with van der Waals surface area (Å²) in [6, 6.07) is 31.8. The molecule has 3 nitrogen and oxygen atoms in total. The molecule has 0 aliphatic rings. The summed E-state index contributed by atoms with van der Waals surface area (Å²) in [5, 5.41) is 6.17. The maximum absolute atomic E-state index is 15.5. The van der Waals surface area contributed by atoms with Crippen molar-refractivity contribution in [3.8, 4) is 11.5 Å². The summed E-state index contributed by atoms with van der Waals surface area (Å²) in [5.41, 5.74) is 1.13. The van der Waals surface area contributed by atoms with Crippen LogP contribution in [0.15, 0.2) is 97.1 Å². The van der Waals surface area contributed by atoms with Gasteiger partial charge in [-0.3, -0.25) is 0 Å².